The summed E-state index contributed by atoms with van der Waals surface area (Å²) in [5.41, 5.74) is 4.91. The largest absolute Gasteiger partial charge is 0.393 e. The Labute approximate surface area is 185 Å². The Balaban J connectivity index is 2.20. The number of rotatable bonds is 11. The van der Waals surface area contributed by atoms with Crippen LogP contribution in [0.25, 0.3) is 5.57 Å². The van der Waals surface area contributed by atoms with E-state index in [1.54, 1.807) is 6.92 Å². The number of aliphatic hydroxyl groups excluding tert-OH is 3. The van der Waals surface area contributed by atoms with Crippen molar-refractivity contribution in [2.75, 3.05) is 0 Å². The van der Waals surface area contributed by atoms with Gasteiger partial charge in [-0.05, 0) is 73.3 Å². The first-order chi connectivity index (χ1) is 15.2. The number of aliphatic hydroxyl groups is 3. The monoisotopic (exact) mass is 414 g/mol. The Kier molecular flexibility index (Phi) is 9.26. The van der Waals surface area contributed by atoms with E-state index in [-0.39, 0.29) is 0 Å². The first kappa shape index (κ1) is 21.5. The van der Waals surface area contributed by atoms with Crippen LogP contribution >= 0.6 is 0 Å². The molecule has 1 saturated carbocycles. The lowest BCUT2D eigenvalue weighted by Crippen LogP contribution is -2.26. The first-order valence-corrected chi connectivity index (χ1v) is 11.3. The zero-order chi connectivity index (χ0) is 23.7. The summed E-state index contributed by atoms with van der Waals surface area (Å²) in [5.74, 6) is 0. The van der Waals surface area contributed by atoms with Gasteiger partial charge < -0.3 is 15.3 Å². The van der Waals surface area contributed by atoms with Crippen molar-refractivity contribution in [1.29, 1.82) is 0 Å². The summed E-state index contributed by atoms with van der Waals surface area (Å²) in [6.07, 6.45) is 6.85. The minimum absolute atomic E-state index is 0.340. The third kappa shape index (κ3) is 8.22. The Hall–Kier alpha value is -1.68. The van der Waals surface area contributed by atoms with Gasteiger partial charge in [0.1, 0.15) is 0 Å². The van der Waals surface area contributed by atoms with Crippen LogP contribution in [0.2, 0.25) is 0 Å². The molecule has 0 heterocycles. The maximum Gasteiger partial charge on any atom is 0.0811 e. The third-order valence-corrected chi connectivity index (χ3v) is 5.62. The molecule has 1 aliphatic rings. The summed E-state index contributed by atoms with van der Waals surface area (Å²) in [5, 5.41) is 29.6. The van der Waals surface area contributed by atoms with Crippen molar-refractivity contribution in [3.8, 4) is 0 Å². The molecule has 0 saturated heterocycles. The van der Waals surface area contributed by atoms with E-state index < -0.39 is 31.1 Å². The number of benzene rings is 1. The Morgan fingerprint density at radius 1 is 1.30 bits per heavy atom. The lowest BCUT2D eigenvalue weighted by Gasteiger charge is -2.26. The van der Waals surface area contributed by atoms with E-state index in [1.165, 1.54) is 5.57 Å². The maximum absolute atomic E-state index is 10.1. The summed E-state index contributed by atoms with van der Waals surface area (Å²) >= 11 is 0. The molecule has 166 valence electrons. The van der Waals surface area contributed by atoms with Gasteiger partial charge in [0.15, 0.2) is 0 Å². The molecular weight excluding hydrogens is 372 g/mol. The maximum atomic E-state index is 10.1. The second-order valence-electron chi connectivity index (χ2n) is 8.42. The number of hydrogen-bond acceptors (Lipinski definition) is 3. The molecule has 1 aromatic carbocycles. The smallest absolute Gasteiger partial charge is 0.0811 e. The van der Waals surface area contributed by atoms with E-state index >= 15 is 0 Å². The fourth-order valence-electron chi connectivity index (χ4n) is 3.72. The van der Waals surface area contributed by atoms with E-state index in [0.717, 1.165) is 36.0 Å². The molecule has 1 aliphatic carbocycles. The highest BCUT2D eigenvalue weighted by Crippen LogP contribution is 2.30. The fraction of sp³-hybridized carbons (Fsp3) is 0.556. The normalized spacial score (nSPS) is 25.6. The molecule has 5 atom stereocenters. The molecule has 3 nitrogen and oxygen atoms in total. The molecule has 0 aromatic heterocycles. The van der Waals surface area contributed by atoms with E-state index in [9.17, 15) is 15.3 Å². The quantitative estimate of drug-likeness (QED) is 0.432. The Morgan fingerprint density at radius 3 is 2.83 bits per heavy atom. The molecule has 30 heavy (non-hydrogen) atoms. The highest BCUT2D eigenvalue weighted by atomic mass is 16.3. The fourth-order valence-corrected chi connectivity index (χ4v) is 3.72. The molecule has 1 fully saturated rings. The van der Waals surface area contributed by atoms with E-state index in [0.29, 0.717) is 37.7 Å². The molecule has 3 heteroatoms. The van der Waals surface area contributed by atoms with Crippen LogP contribution in [0.5, 0.6) is 0 Å². The molecule has 3 N–H and O–H groups in total. The first-order valence-electron chi connectivity index (χ1n) is 12.4. The summed E-state index contributed by atoms with van der Waals surface area (Å²) in [6, 6.07) is 8.21. The standard InChI is InChI=1S/C27H40O3/c1-4-5-13-23(15-16-24-18-26(29)19-27(30)21(24)3)25-14-9-12-22(17-25)11-8-6-7-10-20(2)28/h9,12,14-17,20,26-30H,3-8,10-11,13,18-19H2,1-2H3/t20?,26-,27+/m1/s1/i6D,8D/t6?,8?,20?,26-,27+. The third-order valence-electron chi connectivity index (χ3n) is 5.62. The molecule has 0 amide bonds. The molecule has 0 spiro atoms. The van der Waals surface area contributed by atoms with Gasteiger partial charge in [0.25, 0.3) is 0 Å². The van der Waals surface area contributed by atoms with Crippen molar-refractivity contribution < 1.29 is 18.1 Å². The van der Waals surface area contributed by atoms with Crippen LogP contribution in [0.15, 0.2) is 54.1 Å². The van der Waals surface area contributed by atoms with Crippen molar-refractivity contribution in [1.82, 2.24) is 0 Å². The van der Waals surface area contributed by atoms with Crippen LogP contribution in [0, 0.1) is 0 Å². The highest BCUT2D eigenvalue weighted by molar-refractivity contribution is 5.68. The second-order valence-corrected chi connectivity index (χ2v) is 8.42. The number of unbranched alkanes of at least 4 members (excludes halogenated alkanes) is 1. The Bertz CT molecular complexity index is 800. The van der Waals surface area contributed by atoms with Gasteiger partial charge in [0.05, 0.1) is 18.3 Å². The van der Waals surface area contributed by atoms with Crippen LogP contribution in [-0.2, 0) is 6.42 Å². The molecular formula is C27H40O3. The minimum atomic E-state index is -0.693. The van der Waals surface area contributed by atoms with Crippen molar-refractivity contribution >= 4 is 5.57 Å². The van der Waals surface area contributed by atoms with Crippen LogP contribution in [0.4, 0.5) is 0 Å². The highest BCUT2D eigenvalue weighted by Gasteiger charge is 2.24. The van der Waals surface area contributed by atoms with E-state index in [4.69, 9.17) is 2.74 Å². The molecule has 0 bridgehead atoms. The zero-order valence-electron chi connectivity index (χ0n) is 20.6. The second kappa shape index (κ2) is 12.9. The molecule has 0 radical (unpaired) electrons. The number of aryl methyl sites for hydroxylation is 1. The van der Waals surface area contributed by atoms with Gasteiger partial charge in [0, 0.05) is 9.16 Å². The molecule has 1 aromatic rings. The van der Waals surface area contributed by atoms with Gasteiger partial charge in [-0.25, -0.2) is 0 Å². The lowest BCUT2D eigenvalue weighted by molar-refractivity contribution is 0.0862. The van der Waals surface area contributed by atoms with Crippen LogP contribution in [0.1, 0.15) is 85.5 Å². The summed E-state index contributed by atoms with van der Waals surface area (Å²) in [7, 11) is 0. The summed E-state index contributed by atoms with van der Waals surface area (Å²) < 4.78 is 16.6. The average molecular weight is 415 g/mol. The van der Waals surface area contributed by atoms with Gasteiger partial charge in [0.2, 0.25) is 0 Å². The minimum Gasteiger partial charge on any atom is -0.393 e. The van der Waals surface area contributed by atoms with E-state index in [2.05, 4.69) is 31.7 Å². The summed E-state index contributed by atoms with van der Waals surface area (Å²) in [4.78, 5) is 0. The predicted octanol–water partition coefficient (Wildman–Crippen LogP) is 5.74. The van der Waals surface area contributed by atoms with Crippen molar-refractivity contribution in [2.24, 2.45) is 0 Å². The Morgan fingerprint density at radius 2 is 2.10 bits per heavy atom. The zero-order valence-corrected chi connectivity index (χ0v) is 18.6. The van der Waals surface area contributed by atoms with E-state index in [1.807, 2.05) is 18.2 Å². The SMILES string of the molecule is [2H]C(CCC(C)O)C([2H])Cc1cccc(C(=CC=C2C[C@@H](O)C[C@H](O)C2=C)CCCC)c1. The number of hydrogen-bond donors (Lipinski definition) is 3. The van der Waals surface area contributed by atoms with Crippen molar-refractivity contribution in [2.45, 2.75) is 96.3 Å². The predicted molar refractivity (Wildman–Crippen MR) is 126 cm³/mol. The molecule has 2 rings (SSSR count). The topological polar surface area (TPSA) is 60.7 Å². The summed E-state index contributed by atoms with van der Waals surface area (Å²) in [6.45, 7) is 7.88. The van der Waals surface area contributed by atoms with Gasteiger partial charge in [-0.15, -0.1) is 0 Å². The van der Waals surface area contributed by atoms with Crippen LogP contribution in [-0.4, -0.2) is 33.6 Å². The molecule has 3 unspecified atom stereocenters. The van der Waals surface area contributed by atoms with Gasteiger partial charge in [-0.2, -0.15) is 0 Å². The van der Waals surface area contributed by atoms with Gasteiger partial charge in [-0.3, -0.25) is 0 Å². The van der Waals surface area contributed by atoms with Gasteiger partial charge >= 0.3 is 0 Å². The van der Waals surface area contributed by atoms with Crippen LogP contribution < -0.4 is 0 Å². The van der Waals surface area contributed by atoms with Crippen LogP contribution in [0.3, 0.4) is 0 Å². The molecule has 0 aliphatic heterocycles. The average Bonchev–Trinajstić information content (AvgIpc) is 2.75. The van der Waals surface area contributed by atoms with Gasteiger partial charge in [-0.1, -0.05) is 69.2 Å². The number of allylic oxidation sites excluding steroid dienone is 3. The lowest BCUT2D eigenvalue weighted by atomic mass is 9.85. The van der Waals surface area contributed by atoms with Crippen molar-refractivity contribution in [3.63, 3.8) is 0 Å². The van der Waals surface area contributed by atoms with Crippen molar-refractivity contribution in [3.05, 3.63) is 65.3 Å².